The lowest BCUT2D eigenvalue weighted by atomic mass is 9.90. The van der Waals surface area contributed by atoms with Gasteiger partial charge in [-0.1, -0.05) is 280 Å². The number of benzene rings is 15. The smallest absolute Gasteiger partial charge is 0.164 e. The van der Waals surface area contributed by atoms with Gasteiger partial charge in [0.15, 0.2) is 34.9 Å². The van der Waals surface area contributed by atoms with Crippen LogP contribution in [0.4, 0.5) is 0 Å². The zero-order valence-electron chi connectivity index (χ0n) is 65.1. The summed E-state index contributed by atoms with van der Waals surface area (Å²) in [7, 11) is 0. The highest BCUT2D eigenvalue weighted by Crippen LogP contribution is 2.48. The number of thiophene rings is 2. The molecule has 0 unspecified atom stereocenters. The first-order valence-electron chi connectivity index (χ1n) is 40.5. The molecule has 9 nitrogen and oxygen atoms in total. The fraction of sp³-hybridized carbons (Fsp3) is 0.0275. The second-order valence-electron chi connectivity index (χ2n) is 30.7. The summed E-state index contributed by atoms with van der Waals surface area (Å²) in [4.78, 5) is 42.3. The van der Waals surface area contributed by atoms with Crippen LogP contribution in [0.3, 0.4) is 0 Å². The third kappa shape index (κ3) is 12.0. The van der Waals surface area contributed by atoms with E-state index in [9.17, 15) is 0 Å². The molecule has 0 fully saturated rings. The van der Waals surface area contributed by atoms with Gasteiger partial charge >= 0.3 is 0 Å². The number of rotatable bonds is 14. The topological polar surface area (TPSA) is 108 Å². The summed E-state index contributed by atoms with van der Waals surface area (Å²) in [6.45, 7) is 5.96. The number of aryl methyl sites for hydroxylation is 1. The first kappa shape index (κ1) is 70.3. The zero-order valence-corrected chi connectivity index (χ0v) is 66.7. The van der Waals surface area contributed by atoms with Gasteiger partial charge in [-0.25, -0.2) is 39.9 Å². The molecule has 1 aliphatic rings. The van der Waals surface area contributed by atoms with Gasteiger partial charge in [0.25, 0.3) is 0 Å². The minimum atomic E-state index is 0.574. The molecule has 0 amide bonds. The number of allylic oxidation sites excluding steroid dienone is 6. The Hall–Kier alpha value is -15.1. The van der Waals surface area contributed by atoms with Crippen LogP contribution in [0, 0.1) is 0 Å². The number of fused-ring (bicyclic) bond motifs is 19. The molecule has 0 atom stereocenters. The molecule has 0 bridgehead atoms. The third-order valence-electron chi connectivity index (χ3n) is 23.6. The Labute approximate surface area is 699 Å². The van der Waals surface area contributed by atoms with Crippen LogP contribution in [-0.4, -0.2) is 44.4 Å². The van der Waals surface area contributed by atoms with Crippen molar-refractivity contribution in [1.29, 1.82) is 0 Å². The molecule has 23 rings (SSSR count). The fourth-order valence-electron chi connectivity index (χ4n) is 17.9. The minimum absolute atomic E-state index is 0.574. The molecule has 120 heavy (non-hydrogen) atoms. The standard InChI is InChI=1S/C109H69N9S2/c1-3-22-68(23-4-2)104-112-105(69-26-9-6-10-27-69)114-106(113-104)70-44-40-66(41-45-70)101-103-99(87-35-16-20-39-97(87)120-103)91-64-77(53-59-93(91)111-101)76-50-56-82-80-30-11-12-31-81(80)88-61-75(51-57-83(88)89(82)62-76)73-28-21-29-78(60-73)109-116-107(115-108(117-109)72-48-54-79(55-49-72)118-94-36-17-13-32-84(94)85-33-14-18-37-95(85)118)71-46-42-67(43-47-71)100-102-98(86-34-15-19-38-96(86)119-102)90-63-74(52-58-92(90)110-100)65-24-7-5-8-25-65/h3-13,15-32,34-64H,1,14,33H2,2H3/b23-4-,68-22+. The first-order valence-corrected chi connectivity index (χ1v) is 42.2. The van der Waals surface area contributed by atoms with Crippen LogP contribution in [0.2, 0.25) is 0 Å². The van der Waals surface area contributed by atoms with Crippen molar-refractivity contribution in [2.24, 2.45) is 0 Å². The number of hydrogen-bond donors (Lipinski definition) is 0. The molecule has 7 heterocycles. The quantitative estimate of drug-likeness (QED) is 0.0783. The van der Waals surface area contributed by atoms with Gasteiger partial charge < -0.3 is 4.57 Å². The highest BCUT2D eigenvalue weighted by molar-refractivity contribution is 7.27. The van der Waals surface area contributed by atoms with E-state index in [0.717, 1.165) is 128 Å². The van der Waals surface area contributed by atoms with Crippen molar-refractivity contribution in [2.45, 2.75) is 19.8 Å². The van der Waals surface area contributed by atoms with Gasteiger partial charge in [0, 0.05) is 103 Å². The molecule has 0 saturated carbocycles. The molecule has 0 radical (unpaired) electrons. The molecule has 0 spiro atoms. The molecule has 0 saturated heterocycles. The van der Waals surface area contributed by atoms with Crippen LogP contribution < -0.4 is 0 Å². The Morgan fingerprint density at radius 2 is 0.733 bits per heavy atom. The van der Waals surface area contributed by atoms with Crippen molar-refractivity contribution < 1.29 is 0 Å². The molecule has 1 aliphatic carbocycles. The second kappa shape index (κ2) is 28.9. The van der Waals surface area contributed by atoms with Crippen LogP contribution in [0.15, 0.2) is 365 Å². The van der Waals surface area contributed by atoms with E-state index < -0.39 is 0 Å². The average molecular weight is 1570 g/mol. The van der Waals surface area contributed by atoms with E-state index >= 15 is 0 Å². The van der Waals surface area contributed by atoms with Crippen molar-refractivity contribution in [3.05, 3.63) is 382 Å². The summed E-state index contributed by atoms with van der Waals surface area (Å²) in [5.74, 6) is 3.49. The predicted molar refractivity (Wildman–Crippen MR) is 504 cm³/mol. The lowest BCUT2D eigenvalue weighted by Crippen LogP contribution is -2.02. The van der Waals surface area contributed by atoms with Crippen molar-refractivity contribution in [3.63, 3.8) is 0 Å². The Morgan fingerprint density at radius 3 is 1.29 bits per heavy atom. The van der Waals surface area contributed by atoms with Crippen molar-refractivity contribution in [2.75, 3.05) is 0 Å². The van der Waals surface area contributed by atoms with Gasteiger partial charge in [-0.05, 0) is 182 Å². The predicted octanol–water partition coefficient (Wildman–Crippen LogP) is 29.1. The first-order chi connectivity index (χ1) is 59.3. The molecule has 7 aromatic heterocycles. The highest BCUT2D eigenvalue weighted by Gasteiger charge is 2.25. The lowest BCUT2D eigenvalue weighted by molar-refractivity contribution is 0.967. The number of nitrogens with zero attached hydrogens (tertiary/aromatic N) is 9. The van der Waals surface area contributed by atoms with E-state index in [0.29, 0.717) is 34.9 Å². The van der Waals surface area contributed by atoms with E-state index in [-0.39, 0.29) is 0 Å². The number of para-hydroxylation sites is 1. The lowest BCUT2D eigenvalue weighted by Gasteiger charge is -2.15. The third-order valence-corrected chi connectivity index (χ3v) is 26.0. The average Bonchev–Trinajstić information content (AvgIpc) is 1.60. The molecule has 0 N–H and O–H groups in total. The molecule has 22 aromatic rings. The van der Waals surface area contributed by atoms with Gasteiger partial charge in [-0.2, -0.15) is 0 Å². The van der Waals surface area contributed by atoms with Crippen LogP contribution in [-0.2, 0) is 6.42 Å². The molecule has 562 valence electrons. The van der Waals surface area contributed by atoms with E-state index in [1.54, 1.807) is 28.7 Å². The second-order valence-corrected chi connectivity index (χ2v) is 32.8. The van der Waals surface area contributed by atoms with Gasteiger partial charge in [0.1, 0.15) is 0 Å². The summed E-state index contributed by atoms with van der Waals surface area (Å²) in [5, 5.41) is 15.6. The maximum Gasteiger partial charge on any atom is 0.164 e. The van der Waals surface area contributed by atoms with E-state index in [1.807, 2.05) is 55.5 Å². The normalized spacial score (nSPS) is 12.5. The molecule has 0 aliphatic heterocycles. The van der Waals surface area contributed by atoms with Crippen LogP contribution in [0.25, 0.3) is 236 Å². The Kier molecular flexibility index (Phi) is 17.0. The Bertz CT molecular complexity index is 8100. The van der Waals surface area contributed by atoms with Crippen molar-refractivity contribution >= 4 is 140 Å². The molecule has 15 aromatic carbocycles. The maximum atomic E-state index is 5.55. The summed E-state index contributed by atoms with van der Waals surface area (Å²) in [6.07, 6.45) is 14.3. The monoisotopic (exact) mass is 1570 g/mol. The van der Waals surface area contributed by atoms with Gasteiger partial charge in [-0.3, -0.25) is 0 Å². The van der Waals surface area contributed by atoms with Gasteiger partial charge in [0.05, 0.1) is 37.3 Å². The van der Waals surface area contributed by atoms with Crippen LogP contribution >= 0.6 is 22.7 Å². The fourth-order valence-corrected chi connectivity index (χ4v) is 20.4. The maximum absolute atomic E-state index is 5.55. The SMILES string of the molecule is C=C/C=C(\C=C/C)c1nc(-c2ccccc2)nc(-c2ccc(-c3nc4ccc(-c5ccc6c7ccccc7c7cc(-c8cccc(-c9nc(-c%10ccc(-c%11nc%12ccc(-c%13ccccc%13)cc%12c%12c%11sc%11ccccc%11%12)cc%10)nc(-c%10ccc(-n%11c%12c(c%13ccccc%13%11)CCC=C%12)cc%10)n9)c8)ccc7c6c5)cc4c4c3sc3ccccc34)cc2)n1. The molecular formula is C109H69N9S2. The Balaban J connectivity index is 0.608. The summed E-state index contributed by atoms with van der Waals surface area (Å²) >= 11 is 3.59. The van der Waals surface area contributed by atoms with Crippen LogP contribution in [0.1, 0.15) is 30.4 Å². The molecule has 11 heteroatoms. The summed E-state index contributed by atoms with van der Waals surface area (Å²) in [6, 6.07) is 118. The van der Waals surface area contributed by atoms with Gasteiger partial charge in [-0.15, -0.1) is 22.7 Å². The number of aromatic nitrogens is 9. The van der Waals surface area contributed by atoms with E-state index in [4.69, 9.17) is 39.9 Å². The van der Waals surface area contributed by atoms with Crippen LogP contribution in [0.5, 0.6) is 0 Å². The Morgan fingerprint density at radius 1 is 0.333 bits per heavy atom. The summed E-state index contributed by atoms with van der Waals surface area (Å²) < 4.78 is 7.13. The van der Waals surface area contributed by atoms with E-state index in [1.165, 1.54) is 96.5 Å². The highest BCUT2D eigenvalue weighted by atomic mass is 32.1. The number of pyridine rings is 2. The van der Waals surface area contributed by atoms with Gasteiger partial charge in [0.2, 0.25) is 0 Å². The van der Waals surface area contributed by atoms with Crippen molar-refractivity contribution in [1.82, 2.24) is 44.4 Å². The largest absolute Gasteiger partial charge is 0.310 e. The summed E-state index contributed by atoms with van der Waals surface area (Å²) in [5.41, 5.74) is 22.7. The minimum Gasteiger partial charge on any atom is -0.310 e. The number of hydrogen-bond acceptors (Lipinski definition) is 10. The van der Waals surface area contributed by atoms with E-state index in [2.05, 4.69) is 321 Å². The zero-order chi connectivity index (χ0) is 79.5. The molecular weight excluding hydrogens is 1500 g/mol. The van der Waals surface area contributed by atoms with Crippen molar-refractivity contribution in [3.8, 4) is 119 Å².